The summed E-state index contributed by atoms with van der Waals surface area (Å²) >= 11 is 1.54. The number of halogens is 1. The molecule has 0 atom stereocenters. The third-order valence-corrected chi connectivity index (χ3v) is 3.06. The maximum atomic E-state index is 13.5. The highest BCUT2D eigenvalue weighted by Crippen LogP contribution is 2.22. The molecule has 0 aromatic heterocycles. The number of hydrogen-bond donors (Lipinski definition) is 1. The predicted octanol–water partition coefficient (Wildman–Crippen LogP) is 1.94. The van der Waals surface area contributed by atoms with Crippen molar-refractivity contribution < 1.29 is 4.39 Å². The van der Waals surface area contributed by atoms with Gasteiger partial charge in [0.2, 0.25) is 0 Å². The molecule has 2 N–H and O–H groups in total. The lowest BCUT2D eigenvalue weighted by Crippen LogP contribution is -2.14. The number of nitrogens with zero attached hydrogens (tertiary/aromatic N) is 1. The molecule has 0 saturated heterocycles. The molecule has 0 unspecified atom stereocenters. The van der Waals surface area contributed by atoms with Gasteiger partial charge in [0, 0.05) is 23.7 Å². The lowest BCUT2D eigenvalue weighted by atomic mass is 10.2. The molecule has 0 bridgehead atoms. The van der Waals surface area contributed by atoms with E-state index in [-0.39, 0.29) is 5.82 Å². The van der Waals surface area contributed by atoms with Crippen molar-refractivity contribution in [3.05, 3.63) is 29.6 Å². The Balaban J connectivity index is 2.54. The van der Waals surface area contributed by atoms with Gasteiger partial charge in [0.1, 0.15) is 5.82 Å². The molecule has 84 valence electrons. The average Bonchev–Trinajstić information content (AvgIpc) is 2.20. The summed E-state index contributed by atoms with van der Waals surface area (Å²) in [6, 6.07) is 5.19. The van der Waals surface area contributed by atoms with Crippen LogP contribution in [0.5, 0.6) is 0 Å². The summed E-state index contributed by atoms with van der Waals surface area (Å²) < 4.78 is 13.5. The quantitative estimate of drug-likeness (QED) is 0.781. The summed E-state index contributed by atoms with van der Waals surface area (Å²) in [5.41, 5.74) is 6.27. The van der Waals surface area contributed by atoms with Crippen LogP contribution in [-0.4, -0.2) is 31.3 Å². The zero-order valence-electron chi connectivity index (χ0n) is 9.16. The lowest BCUT2D eigenvalue weighted by molar-refractivity contribution is 0.437. The minimum absolute atomic E-state index is 0.165. The second-order valence-corrected chi connectivity index (χ2v) is 4.76. The monoisotopic (exact) mass is 228 g/mol. The minimum atomic E-state index is -0.165. The largest absolute Gasteiger partial charge is 0.326 e. The van der Waals surface area contributed by atoms with Crippen molar-refractivity contribution in [1.82, 2.24) is 4.90 Å². The second kappa shape index (κ2) is 6.10. The maximum absolute atomic E-state index is 13.5. The molecule has 1 aromatic carbocycles. The van der Waals surface area contributed by atoms with Crippen LogP contribution in [0, 0.1) is 5.82 Å². The van der Waals surface area contributed by atoms with E-state index >= 15 is 0 Å². The Morgan fingerprint density at radius 2 is 2.13 bits per heavy atom. The number of benzene rings is 1. The van der Waals surface area contributed by atoms with Crippen molar-refractivity contribution in [3.8, 4) is 0 Å². The molecule has 0 heterocycles. The van der Waals surface area contributed by atoms with Crippen molar-refractivity contribution in [2.45, 2.75) is 11.4 Å². The molecule has 1 aromatic rings. The average molecular weight is 228 g/mol. The standard InChI is InChI=1S/C11H17FN2S/c1-14(2)5-6-15-11-4-3-9(8-13)7-10(11)12/h3-4,7H,5-6,8,13H2,1-2H3. The second-order valence-electron chi connectivity index (χ2n) is 3.62. The normalized spacial score (nSPS) is 11.0. The first-order valence-electron chi connectivity index (χ1n) is 4.89. The van der Waals surface area contributed by atoms with E-state index in [9.17, 15) is 4.39 Å². The van der Waals surface area contributed by atoms with Crippen LogP contribution in [0.1, 0.15) is 5.56 Å². The highest BCUT2D eigenvalue weighted by molar-refractivity contribution is 7.99. The molecule has 0 aliphatic heterocycles. The van der Waals surface area contributed by atoms with Gasteiger partial charge in [-0.15, -0.1) is 11.8 Å². The van der Waals surface area contributed by atoms with Crippen molar-refractivity contribution in [2.24, 2.45) is 5.73 Å². The molecule has 0 fully saturated rings. The van der Waals surface area contributed by atoms with Gasteiger partial charge in [-0.2, -0.15) is 0 Å². The Hall–Kier alpha value is -0.580. The fourth-order valence-corrected chi connectivity index (χ4v) is 2.16. The van der Waals surface area contributed by atoms with Gasteiger partial charge in [-0.3, -0.25) is 0 Å². The molecule has 0 spiro atoms. The smallest absolute Gasteiger partial charge is 0.137 e. The van der Waals surface area contributed by atoms with Crippen LogP contribution < -0.4 is 5.73 Å². The molecule has 0 radical (unpaired) electrons. The number of nitrogens with two attached hydrogens (primary N) is 1. The van der Waals surface area contributed by atoms with Crippen LogP contribution >= 0.6 is 11.8 Å². The van der Waals surface area contributed by atoms with Crippen molar-refractivity contribution in [2.75, 3.05) is 26.4 Å². The Labute approximate surface area is 94.6 Å². The molecule has 2 nitrogen and oxygen atoms in total. The van der Waals surface area contributed by atoms with E-state index in [0.29, 0.717) is 11.4 Å². The van der Waals surface area contributed by atoms with Crippen LogP contribution in [0.3, 0.4) is 0 Å². The third kappa shape index (κ3) is 4.20. The summed E-state index contributed by atoms with van der Waals surface area (Å²) in [6.45, 7) is 1.34. The van der Waals surface area contributed by atoms with E-state index in [1.165, 1.54) is 17.8 Å². The summed E-state index contributed by atoms with van der Waals surface area (Å²) in [4.78, 5) is 2.79. The maximum Gasteiger partial charge on any atom is 0.137 e. The minimum Gasteiger partial charge on any atom is -0.326 e. The van der Waals surface area contributed by atoms with Gasteiger partial charge in [-0.1, -0.05) is 6.07 Å². The molecule has 4 heteroatoms. The van der Waals surface area contributed by atoms with E-state index < -0.39 is 0 Å². The molecule has 0 aliphatic rings. The van der Waals surface area contributed by atoms with Crippen LogP contribution in [0.4, 0.5) is 4.39 Å². The molecule has 0 saturated carbocycles. The van der Waals surface area contributed by atoms with Gasteiger partial charge in [-0.25, -0.2) is 4.39 Å². The summed E-state index contributed by atoms with van der Waals surface area (Å²) in [6.07, 6.45) is 0. The summed E-state index contributed by atoms with van der Waals surface area (Å²) in [7, 11) is 4.02. The fraction of sp³-hybridized carbons (Fsp3) is 0.455. The van der Waals surface area contributed by atoms with E-state index in [0.717, 1.165) is 17.9 Å². The number of hydrogen-bond acceptors (Lipinski definition) is 3. The Morgan fingerprint density at radius 3 is 2.67 bits per heavy atom. The van der Waals surface area contributed by atoms with Crippen LogP contribution in [0.15, 0.2) is 23.1 Å². The van der Waals surface area contributed by atoms with Gasteiger partial charge in [0.15, 0.2) is 0 Å². The lowest BCUT2D eigenvalue weighted by Gasteiger charge is -2.09. The van der Waals surface area contributed by atoms with Crippen molar-refractivity contribution >= 4 is 11.8 Å². The van der Waals surface area contributed by atoms with Gasteiger partial charge >= 0.3 is 0 Å². The topological polar surface area (TPSA) is 29.3 Å². The van der Waals surface area contributed by atoms with Gasteiger partial charge in [0.25, 0.3) is 0 Å². The van der Waals surface area contributed by atoms with Crippen molar-refractivity contribution in [3.63, 3.8) is 0 Å². The third-order valence-electron chi connectivity index (χ3n) is 2.03. The first-order chi connectivity index (χ1) is 7.13. The SMILES string of the molecule is CN(C)CCSc1ccc(CN)cc1F. The fourth-order valence-electron chi connectivity index (χ4n) is 1.13. The highest BCUT2D eigenvalue weighted by atomic mass is 32.2. The molecule has 15 heavy (non-hydrogen) atoms. The van der Waals surface area contributed by atoms with Gasteiger partial charge in [-0.05, 0) is 31.8 Å². The first-order valence-corrected chi connectivity index (χ1v) is 5.88. The molecular weight excluding hydrogens is 211 g/mol. The van der Waals surface area contributed by atoms with E-state index in [2.05, 4.69) is 4.90 Å². The Kier molecular flexibility index (Phi) is 5.08. The van der Waals surface area contributed by atoms with E-state index in [1.54, 1.807) is 6.07 Å². The van der Waals surface area contributed by atoms with E-state index in [1.807, 2.05) is 20.2 Å². The zero-order chi connectivity index (χ0) is 11.3. The molecular formula is C11H17FN2S. The van der Waals surface area contributed by atoms with E-state index in [4.69, 9.17) is 5.73 Å². The first kappa shape index (κ1) is 12.5. The number of rotatable bonds is 5. The Bertz CT molecular complexity index is 315. The predicted molar refractivity (Wildman–Crippen MR) is 63.6 cm³/mol. The number of thioether (sulfide) groups is 1. The molecule has 0 aliphatic carbocycles. The molecule has 0 amide bonds. The highest BCUT2D eigenvalue weighted by Gasteiger charge is 2.03. The van der Waals surface area contributed by atoms with Gasteiger partial charge < -0.3 is 10.6 Å². The van der Waals surface area contributed by atoms with Crippen LogP contribution in [0.25, 0.3) is 0 Å². The Morgan fingerprint density at radius 1 is 1.40 bits per heavy atom. The zero-order valence-corrected chi connectivity index (χ0v) is 9.98. The summed E-state index contributed by atoms with van der Waals surface area (Å²) in [5, 5.41) is 0. The van der Waals surface area contributed by atoms with Crippen LogP contribution in [0.2, 0.25) is 0 Å². The van der Waals surface area contributed by atoms with Crippen molar-refractivity contribution in [1.29, 1.82) is 0 Å². The summed E-state index contributed by atoms with van der Waals surface area (Å²) in [5.74, 6) is 0.730. The van der Waals surface area contributed by atoms with Crippen LogP contribution in [-0.2, 0) is 6.54 Å². The molecule has 1 rings (SSSR count). The van der Waals surface area contributed by atoms with Gasteiger partial charge in [0.05, 0.1) is 0 Å².